The van der Waals surface area contributed by atoms with E-state index in [1.165, 1.54) is 19.5 Å². The van der Waals surface area contributed by atoms with Crippen molar-refractivity contribution >= 4 is 52.6 Å². The van der Waals surface area contributed by atoms with Crippen LogP contribution < -0.4 is 5.32 Å². The zero-order chi connectivity index (χ0) is 28.5. The standard InChI is InChI=1S/C30H26ClF2N5O2/c1-4-20-15-23-24(34-17-20)26(37-27(36-23)25(32)33)38-29(28(18-39)12-8-14-35-30(28,31)40-3)13-7-10-21(16-29)22-11-6-5-9-19(22)2/h4-15,17-18,25H,1,16H2,2-3H3,(H,36,37,38). The molecular weight excluding hydrogens is 536 g/mol. The summed E-state index contributed by atoms with van der Waals surface area (Å²) in [6, 6.07) is 9.42. The Morgan fingerprint density at radius 2 is 2.00 bits per heavy atom. The number of anilines is 1. The Bertz CT molecular complexity index is 1620. The third kappa shape index (κ3) is 4.35. The summed E-state index contributed by atoms with van der Waals surface area (Å²) in [7, 11) is 1.35. The maximum Gasteiger partial charge on any atom is 0.297 e. The van der Waals surface area contributed by atoms with E-state index in [-0.39, 0.29) is 23.3 Å². The summed E-state index contributed by atoms with van der Waals surface area (Å²) in [5.74, 6) is -0.685. The van der Waals surface area contributed by atoms with Crippen molar-refractivity contribution in [3.05, 3.63) is 96.0 Å². The van der Waals surface area contributed by atoms with E-state index in [0.29, 0.717) is 11.8 Å². The number of alkyl halides is 3. The highest BCUT2D eigenvalue weighted by Gasteiger charge is 2.63. The summed E-state index contributed by atoms with van der Waals surface area (Å²) in [6.07, 6.45) is 11.2. The minimum atomic E-state index is -2.96. The summed E-state index contributed by atoms with van der Waals surface area (Å²) in [5, 5.41) is 1.45. The van der Waals surface area contributed by atoms with Crippen LogP contribution >= 0.6 is 11.6 Å². The minimum absolute atomic E-state index is 0.00546. The molecule has 3 aromatic rings. The molecule has 0 fully saturated rings. The number of nitrogens with one attached hydrogen (secondary N) is 1. The number of fused-ring (bicyclic) bond motifs is 1. The van der Waals surface area contributed by atoms with Crippen molar-refractivity contribution in [2.24, 2.45) is 10.4 Å². The number of carbonyl (C=O) groups excluding carboxylic acids is 1. The number of carbonyl (C=O) groups is 1. The molecule has 1 aromatic carbocycles. The second kappa shape index (κ2) is 10.5. The molecule has 204 valence electrons. The van der Waals surface area contributed by atoms with Gasteiger partial charge in [0.05, 0.1) is 11.1 Å². The first kappa shape index (κ1) is 27.5. The summed E-state index contributed by atoms with van der Waals surface area (Å²) in [6.45, 7) is 5.71. The molecule has 0 radical (unpaired) electrons. The molecule has 1 N–H and O–H groups in total. The highest BCUT2D eigenvalue weighted by Crippen LogP contribution is 2.54. The maximum absolute atomic E-state index is 14.0. The normalized spacial score (nSPS) is 25.7. The zero-order valence-electron chi connectivity index (χ0n) is 21.8. The lowest BCUT2D eigenvalue weighted by Crippen LogP contribution is -2.63. The number of hydrogen-bond acceptors (Lipinski definition) is 7. The molecule has 0 saturated carbocycles. The van der Waals surface area contributed by atoms with Gasteiger partial charge >= 0.3 is 0 Å². The fourth-order valence-corrected chi connectivity index (χ4v) is 5.64. The van der Waals surface area contributed by atoms with Crippen LogP contribution in [0.2, 0.25) is 0 Å². The Morgan fingerprint density at radius 1 is 1.20 bits per heavy atom. The molecule has 2 aliphatic rings. The van der Waals surface area contributed by atoms with E-state index in [1.54, 1.807) is 36.4 Å². The predicted octanol–water partition coefficient (Wildman–Crippen LogP) is 6.47. The van der Waals surface area contributed by atoms with Crippen molar-refractivity contribution in [1.82, 2.24) is 15.0 Å². The number of rotatable bonds is 8. The molecule has 10 heteroatoms. The lowest BCUT2D eigenvalue weighted by molar-refractivity contribution is -0.127. The van der Waals surface area contributed by atoms with Gasteiger partial charge in [-0.2, -0.15) is 0 Å². The third-order valence-corrected chi connectivity index (χ3v) is 7.94. The molecule has 1 aliphatic heterocycles. The number of allylic oxidation sites excluding steroid dienone is 3. The quantitative estimate of drug-likeness (QED) is 0.192. The van der Waals surface area contributed by atoms with Gasteiger partial charge in [0.2, 0.25) is 0 Å². The van der Waals surface area contributed by atoms with E-state index in [4.69, 9.17) is 16.3 Å². The van der Waals surface area contributed by atoms with Crippen molar-refractivity contribution in [2.75, 3.05) is 12.4 Å². The number of aliphatic imine (C=N–C) groups is 1. The predicted molar refractivity (Wildman–Crippen MR) is 153 cm³/mol. The first-order chi connectivity index (χ1) is 19.2. The number of halogens is 3. The molecule has 5 rings (SSSR count). The van der Waals surface area contributed by atoms with E-state index in [9.17, 15) is 13.6 Å². The van der Waals surface area contributed by atoms with Gasteiger partial charge < -0.3 is 14.8 Å². The number of hydrogen-bond donors (Lipinski definition) is 1. The average Bonchev–Trinajstić information content (AvgIpc) is 2.97. The van der Waals surface area contributed by atoms with Gasteiger partial charge in [0.1, 0.15) is 17.2 Å². The Hall–Kier alpha value is -4.08. The van der Waals surface area contributed by atoms with Gasteiger partial charge in [0.25, 0.3) is 11.6 Å². The van der Waals surface area contributed by atoms with E-state index in [0.717, 1.165) is 16.7 Å². The van der Waals surface area contributed by atoms with Crippen LogP contribution in [0.1, 0.15) is 35.4 Å². The Balaban J connectivity index is 1.77. The molecule has 7 nitrogen and oxygen atoms in total. The number of benzene rings is 1. The summed E-state index contributed by atoms with van der Waals surface area (Å²) in [5.41, 5.74) is 0.816. The van der Waals surface area contributed by atoms with Gasteiger partial charge in [0, 0.05) is 25.9 Å². The topological polar surface area (TPSA) is 89.4 Å². The lowest BCUT2D eigenvalue weighted by atomic mass is 9.62. The zero-order valence-corrected chi connectivity index (χ0v) is 22.6. The summed E-state index contributed by atoms with van der Waals surface area (Å²) >= 11 is 6.96. The maximum atomic E-state index is 14.0. The lowest BCUT2D eigenvalue weighted by Gasteiger charge is -2.52. The highest BCUT2D eigenvalue weighted by molar-refractivity contribution is 6.25. The van der Waals surface area contributed by atoms with Crippen molar-refractivity contribution in [3.63, 3.8) is 0 Å². The minimum Gasteiger partial charge on any atom is -0.357 e. The van der Waals surface area contributed by atoms with Crippen LogP contribution in [-0.2, 0) is 9.53 Å². The second-order valence-corrected chi connectivity index (χ2v) is 10.1. The molecule has 3 unspecified atom stereocenters. The number of pyridine rings is 1. The van der Waals surface area contributed by atoms with Gasteiger partial charge in [-0.25, -0.2) is 23.7 Å². The van der Waals surface area contributed by atoms with Crippen LogP contribution in [0, 0.1) is 12.3 Å². The summed E-state index contributed by atoms with van der Waals surface area (Å²) < 4.78 is 33.6. The second-order valence-electron chi connectivity index (χ2n) is 9.60. The van der Waals surface area contributed by atoms with Gasteiger partial charge in [-0.05, 0) is 41.3 Å². The van der Waals surface area contributed by atoms with Crippen LogP contribution in [0.25, 0.3) is 22.7 Å². The number of methoxy groups -OCH3 is 1. The number of aryl methyl sites for hydroxylation is 1. The smallest absolute Gasteiger partial charge is 0.297 e. The monoisotopic (exact) mass is 561 g/mol. The number of nitrogens with zero attached hydrogens (tertiary/aromatic N) is 4. The van der Waals surface area contributed by atoms with Gasteiger partial charge in [-0.1, -0.05) is 72.8 Å². The van der Waals surface area contributed by atoms with E-state index in [2.05, 4.69) is 31.8 Å². The summed E-state index contributed by atoms with van der Waals surface area (Å²) in [4.78, 5) is 30.2. The molecule has 0 spiro atoms. The van der Waals surface area contributed by atoms with Crippen LogP contribution in [0.4, 0.5) is 14.6 Å². The van der Waals surface area contributed by atoms with Gasteiger partial charge in [-0.15, -0.1) is 0 Å². The SMILES string of the molecule is C=Cc1cnc2c(NC3(C4(C=O)C=CC=NC4(Cl)OC)C=CC=C(c4ccccc4C)C3)nc(C(F)F)nc2c1. The van der Waals surface area contributed by atoms with Crippen LogP contribution in [0.15, 0.2) is 78.5 Å². The molecule has 0 bridgehead atoms. The van der Waals surface area contributed by atoms with Crippen molar-refractivity contribution in [1.29, 1.82) is 0 Å². The molecule has 3 heterocycles. The molecule has 3 atom stereocenters. The van der Waals surface area contributed by atoms with Gasteiger partial charge in [0.15, 0.2) is 11.6 Å². The molecular formula is C30H26ClF2N5O2. The van der Waals surface area contributed by atoms with Crippen molar-refractivity contribution < 1.29 is 18.3 Å². The fraction of sp³-hybridized carbons (Fsp3) is 0.233. The Kier molecular flexibility index (Phi) is 7.20. The highest BCUT2D eigenvalue weighted by atomic mass is 35.5. The molecule has 1 aliphatic carbocycles. The first-order valence-electron chi connectivity index (χ1n) is 12.5. The third-order valence-electron chi connectivity index (χ3n) is 7.38. The van der Waals surface area contributed by atoms with Crippen LogP contribution in [0.5, 0.6) is 0 Å². The molecule has 40 heavy (non-hydrogen) atoms. The number of aromatic nitrogens is 3. The fourth-order valence-electron chi connectivity index (χ4n) is 5.30. The van der Waals surface area contributed by atoms with E-state index < -0.39 is 28.4 Å². The Morgan fingerprint density at radius 3 is 2.70 bits per heavy atom. The van der Waals surface area contributed by atoms with Gasteiger partial charge in [-0.3, -0.25) is 4.98 Å². The van der Waals surface area contributed by atoms with Crippen LogP contribution in [0.3, 0.4) is 0 Å². The number of aldehydes is 1. The number of ether oxygens (including phenoxy) is 1. The van der Waals surface area contributed by atoms with E-state index >= 15 is 0 Å². The average molecular weight is 562 g/mol. The van der Waals surface area contributed by atoms with Crippen molar-refractivity contribution in [2.45, 2.75) is 30.5 Å². The number of dihydropyridines is 1. The largest absolute Gasteiger partial charge is 0.357 e. The van der Waals surface area contributed by atoms with Crippen molar-refractivity contribution in [3.8, 4) is 0 Å². The molecule has 2 aromatic heterocycles. The molecule has 0 amide bonds. The van der Waals surface area contributed by atoms with Crippen LogP contribution in [-0.4, -0.2) is 45.3 Å². The molecule has 0 saturated heterocycles. The Labute approximate surface area is 235 Å². The first-order valence-corrected chi connectivity index (χ1v) is 12.8. The van der Waals surface area contributed by atoms with E-state index in [1.807, 2.05) is 37.3 Å².